The van der Waals surface area contributed by atoms with Crippen LogP contribution in [0.4, 0.5) is 0 Å². The summed E-state index contributed by atoms with van der Waals surface area (Å²) in [4.78, 5) is 26.7. The fourth-order valence-corrected chi connectivity index (χ4v) is 6.11. The van der Waals surface area contributed by atoms with Gasteiger partial charge in [-0.1, -0.05) is 6.07 Å². The van der Waals surface area contributed by atoms with Crippen molar-refractivity contribution < 1.29 is 28.1 Å². The fourth-order valence-electron chi connectivity index (χ4n) is 3.52. The van der Waals surface area contributed by atoms with Gasteiger partial charge in [0.1, 0.15) is 10.3 Å². The summed E-state index contributed by atoms with van der Waals surface area (Å²) in [6.45, 7) is 2.09. The minimum Gasteiger partial charge on any atom is -0.467 e. The number of esters is 1. The molecule has 144 valence electrons. The molecule has 2 N–H and O–H groups in total. The van der Waals surface area contributed by atoms with E-state index in [4.69, 9.17) is 4.74 Å². The molecule has 0 radical (unpaired) electrons. The molecule has 0 saturated carbocycles. The van der Waals surface area contributed by atoms with Crippen molar-refractivity contribution in [2.75, 3.05) is 39.8 Å². The van der Waals surface area contributed by atoms with Gasteiger partial charge in [-0.3, -0.25) is 4.79 Å². The highest BCUT2D eigenvalue weighted by molar-refractivity contribution is 7.91. The molecule has 1 aromatic heterocycles. The first-order valence-corrected chi connectivity index (χ1v) is 11.0. The maximum atomic E-state index is 12.9. The first-order chi connectivity index (χ1) is 12.4. The number of piperidine rings is 1. The maximum absolute atomic E-state index is 12.9. The molecule has 0 aliphatic carbocycles. The SMILES string of the molecule is COC(=O)[C@@H]1CN(S(=O)(=O)c2cccs2)CCN1C(=O)C1CC[NH2+]CC1. The van der Waals surface area contributed by atoms with E-state index >= 15 is 0 Å². The Hall–Kier alpha value is -1.49. The highest BCUT2D eigenvalue weighted by Crippen LogP contribution is 2.25. The van der Waals surface area contributed by atoms with Crippen LogP contribution in [0.2, 0.25) is 0 Å². The molecule has 0 unspecified atom stereocenters. The highest BCUT2D eigenvalue weighted by atomic mass is 32.2. The van der Waals surface area contributed by atoms with Crippen molar-refractivity contribution in [3.8, 4) is 0 Å². The average Bonchev–Trinajstić information content (AvgIpc) is 3.22. The zero-order valence-electron chi connectivity index (χ0n) is 14.7. The van der Waals surface area contributed by atoms with Crippen LogP contribution in [0.3, 0.4) is 0 Å². The number of rotatable bonds is 4. The number of methoxy groups -OCH3 is 1. The van der Waals surface area contributed by atoms with Gasteiger partial charge in [0.05, 0.1) is 20.2 Å². The second kappa shape index (κ2) is 8.03. The van der Waals surface area contributed by atoms with Crippen LogP contribution in [-0.4, -0.2) is 75.4 Å². The van der Waals surface area contributed by atoms with Crippen LogP contribution in [0, 0.1) is 5.92 Å². The van der Waals surface area contributed by atoms with E-state index in [0.29, 0.717) is 0 Å². The number of carbonyl (C=O) groups is 2. The predicted molar refractivity (Wildman–Crippen MR) is 95.0 cm³/mol. The summed E-state index contributed by atoms with van der Waals surface area (Å²) in [6, 6.07) is 2.32. The number of quaternary nitrogens is 1. The van der Waals surface area contributed by atoms with E-state index in [1.807, 2.05) is 0 Å². The van der Waals surface area contributed by atoms with Crippen molar-refractivity contribution in [3.63, 3.8) is 0 Å². The Labute approximate surface area is 157 Å². The van der Waals surface area contributed by atoms with Crippen LogP contribution >= 0.6 is 11.3 Å². The van der Waals surface area contributed by atoms with Crippen LogP contribution in [0.5, 0.6) is 0 Å². The molecule has 10 heteroatoms. The number of thiophene rings is 1. The average molecular weight is 403 g/mol. The molecule has 3 heterocycles. The molecule has 26 heavy (non-hydrogen) atoms. The van der Waals surface area contributed by atoms with Gasteiger partial charge in [-0.05, 0) is 11.4 Å². The van der Waals surface area contributed by atoms with Gasteiger partial charge in [0, 0.05) is 38.4 Å². The smallest absolute Gasteiger partial charge is 0.329 e. The number of piperazine rings is 1. The molecule has 8 nitrogen and oxygen atoms in total. The van der Waals surface area contributed by atoms with Gasteiger partial charge in [0.25, 0.3) is 10.0 Å². The third kappa shape index (κ3) is 3.78. The van der Waals surface area contributed by atoms with E-state index in [1.54, 1.807) is 17.5 Å². The van der Waals surface area contributed by atoms with E-state index < -0.39 is 22.0 Å². The van der Waals surface area contributed by atoms with Gasteiger partial charge in [0.15, 0.2) is 0 Å². The largest absolute Gasteiger partial charge is 0.467 e. The molecule has 2 fully saturated rings. The summed E-state index contributed by atoms with van der Waals surface area (Å²) in [5.74, 6) is -0.749. The van der Waals surface area contributed by atoms with Crippen molar-refractivity contribution in [3.05, 3.63) is 17.5 Å². The lowest BCUT2D eigenvalue weighted by Gasteiger charge is -2.40. The first-order valence-electron chi connectivity index (χ1n) is 8.68. The predicted octanol–water partition coefficient (Wildman–Crippen LogP) is -0.904. The Morgan fingerprint density at radius 1 is 1.27 bits per heavy atom. The molecule has 3 rings (SSSR count). The maximum Gasteiger partial charge on any atom is 0.329 e. The van der Waals surface area contributed by atoms with Gasteiger partial charge in [-0.2, -0.15) is 4.31 Å². The molecule has 2 saturated heterocycles. The van der Waals surface area contributed by atoms with Crippen molar-refractivity contribution in [2.45, 2.75) is 23.1 Å². The summed E-state index contributed by atoms with van der Waals surface area (Å²) >= 11 is 1.14. The summed E-state index contributed by atoms with van der Waals surface area (Å²) in [7, 11) is -2.41. The van der Waals surface area contributed by atoms with E-state index in [-0.39, 0.29) is 35.7 Å². The zero-order valence-corrected chi connectivity index (χ0v) is 16.3. The number of carbonyl (C=O) groups excluding carboxylic acids is 2. The molecule has 1 aromatic rings. The number of hydrogen-bond donors (Lipinski definition) is 1. The van der Waals surface area contributed by atoms with Crippen molar-refractivity contribution in [1.82, 2.24) is 9.21 Å². The van der Waals surface area contributed by atoms with Gasteiger partial charge in [-0.15, -0.1) is 11.3 Å². The lowest BCUT2D eigenvalue weighted by Crippen LogP contribution is -2.86. The minimum absolute atomic E-state index is 0.0679. The Kier molecular flexibility index (Phi) is 5.96. The fraction of sp³-hybridized carbons (Fsp3) is 0.625. The summed E-state index contributed by atoms with van der Waals surface area (Å²) in [6.07, 6.45) is 1.56. The van der Waals surface area contributed by atoms with E-state index in [1.165, 1.54) is 16.3 Å². The topological polar surface area (TPSA) is 101 Å². The number of amides is 1. The number of sulfonamides is 1. The summed E-state index contributed by atoms with van der Waals surface area (Å²) in [5, 5.41) is 3.87. The van der Waals surface area contributed by atoms with Crippen molar-refractivity contribution >= 4 is 33.2 Å². The van der Waals surface area contributed by atoms with Gasteiger partial charge >= 0.3 is 5.97 Å². The molecule has 1 atom stereocenters. The first kappa shape index (κ1) is 19.3. The van der Waals surface area contributed by atoms with Crippen LogP contribution < -0.4 is 5.32 Å². The molecular weight excluding hydrogens is 378 g/mol. The van der Waals surface area contributed by atoms with Gasteiger partial charge in [-0.25, -0.2) is 13.2 Å². The van der Waals surface area contributed by atoms with E-state index in [2.05, 4.69) is 5.32 Å². The number of nitrogens with zero attached hydrogens (tertiary/aromatic N) is 2. The molecule has 1 amide bonds. The second-order valence-electron chi connectivity index (χ2n) is 6.51. The third-order valence-electron chi connectivity index (χ3n) is 4.98. The van der Waals surface area contributed by atoms with Crippen LogP contribution in [0.15, 0.2) is 21.7 Å². The Bertz CT molecular complexity index is 744. The number of ether oxygens (including phenoxy) is 1. The summed E-state index contributed by atoms with van der Waals surface area (Å²) in [5.41, 5.74) is 0. The second-order valence-corrected chi connectivity index (χ2v) is 9.62. The Morgan fingerprint density at radius 2 is 2.00 bits per heavy atom. The quantitative estimate of drug-likeness (QED) is 0.658. The van der Waals surface area contributed by atoms with Gasteiger partial charge < -0.3 is 15.0 Å². The third-order valence-corrected chi connectivity index (χ3v) is 8.21. The van der Waals surface area contributed by atoms with E-state index in [9.17, 15) is 18.0 Å². The Balaban J connectivity index is 1.79. The monoisotopic (exact) mass is 402 g/mol. The highest BCUT2D eigenvalue weighted by Gasteiger charge is 2.42. The van der Waals surface area contributed by atoms with Crippen LogP contribution in [-0.2, 0) is 24.3 Å². The Morgan fingerprint density at radius 3 is 2.62 bits per heavy atom. The summed E-state index contributed by atoms with van der Waals surface area (Å²) < 4.78 is 31.9. The van der Waals surface area contributed by atoms with Gasteiger partial charge in [0.2, 0.25) is 5.91 Å². The molecule has 0 bridgehead atoms. The normalized spacial score (nSPS) is 23.0. The molecule has 0 aromatic carbocycles. The lowest BCUT2D eigenvalue weighted by atomic mass is 9.95. The standard InChI is InChI=1S/C16H23N3O5S2/c1-24-16(21)13-11-18(26(22,23)14-3-2-10-25-14)8-9-19(13)15(20)12-4-6-17-7-5-12/h2-3,10,12-13,17H,4-9,11H2,1H3/p+1/t13-/m0/s1. The number of hydrogen-bond acceptors (Lipinski definition) is 6. The van der Waals surface area contributed by atoms with E-state index in [0.717, 1.165) is 37.3 Å². The molecule has 0 spiro atoms. The zero-order chi connectivity index (χ0) is 18.7. The molecule has 2 aliphatic rings. The minimum atomic E-state index is -3.67. The van der Waals surface area contributed by atoms with Crippen LogP contribution in [0.1, 0.15) is 12.8 Å². The molecular formula is C16H24N3O5S2+. The van der Waals surface area contributed by atoms with Crippen LogP contribution in [0.25, 0.3) is 0 Å². The van der Waals surface area contributed by atoms with Crippen molar-refractivity contribution in [2.24, 2.45) is 5.92 Å². The number of nitrogens with two attached hydrogens (primary N) is 1. The van der Waals surface area contributed by atoms with Crippen molar-refractivity contribution in [1.29, 1.82) is 0 Å². The lowest BCUT2D eigenvalue weighted by molar-refractivity contribution is -0.664. The molecule has 2 aliphatic heterocycles.